The number of nitrogens with zero attached hydrogens (tertiary/aromatic N) is 3. The predicted octanol–water partition coefficient (Wildman–Crippen LogP) is 3.36. The van der Waals surface area contributed by atoms with E-state index in [-0.39, 0.29) is 5.91 Å². The second-order valence-electron chi connectivity index (χ2n) is 5.43. The Balaban J connectivity index is 1.39. The van der Waals surface area contributed by atoms with Gasteiger partial charge in [-0.05, 0) is 37.4 Å². The molecule has 0 spiro atoms. The summed E-state index contributed by atoms with van der Waals surface area (Å²) in [5.41, 5.74) is 0. The molecule has 5 nitrogen and oxygen atoms in total. The van der Waals surface area contributed by atoms with Crippen molar-refractivity contribution < 1.29 is 4.79 Å². The van der Waals surface area contributed by atoms with Crippen LogP contribution in [0.3, 0.4) is 0 Å². The van der Waals surface area contributed by atoms with Gasteiger partial charge in [0.15, 0.2) is 4.34 Å². The average Bonchev–Trinajstić information content (AvgIpc) is 3.20. The summed E-state index contributed by atoms with van der Waals surface area (Å²) in [5.74, 6) is 0.992. The zero-order valence-corrected chi connectivity index (χ0v) is 15.3. The molecule has 1 aliphatic rings. The maximum Gasteiger partial charge on any atom is 0.231 e. The molecule has 23 heavy (non-hydrogen) atoms. The van der Waals surface area contributed by atoms with Crippen molar-refractivity contribution in [1.82, 2.24) is 15.1 Å². The first-order valence-corrected chi connectivity index (χ1v) is 10.5. The Morgan fingerprint density at radius 3 is 2.96 bits per heavy atom. The number of thiophene rings is 1. The molecule has 3 rings (SSSR count). The molecule has 0 saturated carbocycles. The van der Waals surface area contributed by atoms with Crippen molar-refractivity contribution in [2.45, 2.75) is 30.0 Å². The molecular weight excluding hydrogens is 348 g/mol. The van der Waals surface area contributed by atoms with Gasteiger partial charge in [-0.2, -0.15) is 0 Å². The molecule has 0 atom stereocenters. The summed E-state index contributed by atoms with van der Waals surface area (Å²) in [6, 6.07) is 3.92. The van der Waals surface area contributed by atoms with Crippen molar-refractivity contribution in [2.75, 3.05) is 30.7 Å². The first kappa shape index (κ1) is 16.9. The van der Waals surface area contributed by atoms with Crippen LogP contribution in [0, 0.1) is 0 Å². The maximum absolute atomic E-state index is 11.9. The Labute approximate surface area is 148 Å². The summed E-state index contributed by atoms with van der Waals surface area (Å²) < 4.78 is 0.924. The summed E-state index contributed by atoms with van der Waals surface area (Å²) in [5, 5.41) is 13.6. The fourth-order valence-electron chi connectivity index (χ4n) is 2.50. The number of nitrogens with one attached hydrogen (secondary N) is 1. The molecule has 0 bridgehead atoms. The van der Waals surface area contributed by atoms with E-state index in [0.29, 0.717) is 11.6 Å². The van der Waals surface area contributed by atoms with E-state index in [1.54, 1.807) is 23.1 Å². The molecule has 1 N–H and O–H groups in total. The maximum atomic E-state index is 11.9. The third-order valence-corrected chi connectivity index (χ3v) is 6.48. The minimum absolute atomic E-state index is 0.0338. The third kappa shape index (κ3) is 5.56. The van der Waals surface area contributed by atoms with Crippen LogP contribution >= 0.6 is 34.4 Å². The SMILES string of the molecule is O=C(Cc1cccs1)Nc1nnc(SCCN2CCCCC2)s1. The minimum atomic E-state index is -0.0338. The van der Waals surface area contributed by atoms with Crippen molar-refractivity contribution in [3.63, 3.8) is 0 Å². The number of aromatic nitrogens is 2. The molecule has 1 amide bonds. The van der Waals surface area contributed by atoms with Gasteiger partial charge in [0.25, 0.3) is 0 Å². The van der Waals surface area contributed by atoms with Crippen molar-refractivity contribution in [3.8, 4) is 0 Å². The van der Waals surface area contributed by atoms with E-state index >= 15 is 0 Å². The zero-order chi connectivity index (χ0) is 15.9. The minimum Gasteiger partial charge on any atom is -0.303 e. The van der Waals surface area contributed by atoms with E-state index in [9.17, 15) is 4.79 Å². The number of carbonyl (C=O) groups is 1. The molecule has 0 aliphatic carbocycles. The fraction of sp³-hybridized carbons (Fsp3) is 0.533. The highest BCUT2D eigenvalue weighted by Gasteiger charge is 2.12. The van der Waals surface area contributed by atoms with Crippen LogP contribution in [0.15, 0.2) is 21.9 Å². The van der Waals surface area contributed by atoms with Gasteiger partial charge in [-0.15, -0.1) is 21.5 Å². The molecule has 0 aromatic carbocycles. The lowest BCUT2D eigenvalue weighted by atomic mass is 10.1. The Morgan fingerprint density at radius 2 is 2.17 bits per heavy atom. The second-order valence-corrected chi connectivity index (χ2v) is 8.78. The van der Waals surface area contributed by atoms with Crippen LogP contribution in [0.4, 0.5) is 5.13 Å². The van der Waals surface area contributed by atoms with Gasteiger partial charge in [-0.3, -0.25) is 4.79 Å². The number of rotatable bonds is 7. The number of carbonyl (C=O) groups excluding carboxylic acids is 1. The van der Waals surface area contributed by atoms with Crippen molar-refractivity contribution in [1.29, 1.82) is 0 Å². The van der Waals surface area contributed by atoms with Gasteiger partial charge in [0.2, 0.25) is 11.0 Å². The van der Waals surface area contributed by atoms with E-state index in [1.165, 1.54) is 43.7 Å². The fourth-order valence-corrected chi connectivity index (χ4v) is 5.04. The van der Waals surface area contributed by atoms with Gasteiger partial charge < -0.3 is 10.2 Å². The number of hydrogen-bond donors (Lipinski definition) is 1. The van der Waals surface area contributed by atoms with Crippen LogP contribution in [-0.4, -0.2) is 46.4 Å². The first-order valence-electron chi connectivity index (χ1n) is 7.80. The van der Waals surface area contributed by atoms with E-state index < -0.39 is 0 Å². The Bertz CT molecular complexity index is 608. The molecule has 1 fully saturated rings. The zero-order valence-electron chi connectivity index (χ0n) is 12.9. The van der Waals surface area contributed by atoms with Crippen LogP contribution in [-0.2, 0) is 11.2 Å². The highest BCUT2D eigenvalue weighted by Crippen LogP contribution is 2.26. The van der Waals surface area contributed by atoms with Crippen LogP contribution in [0.2, 0.25) is 0 Å². The number of thioether (sulfide) groups is 1. The lowest BCUT2D eigenvalue weighted by Gasteiger charge is -2.25. The standard InChI is InChI=1S/C15H20N4OS3/c20-13(11-12-5-4-9-21-12)16-14-17-18-15(23-14)22-10-8-19-6-2-1-3-7-19/h4-5,9H,1-3,6-8,10-11H2,(H,16,17,20). The van der Waals surface area contributed by atoms with E-state index in [4.69, 9.17) is 0 Å². The molecule has 1 saturated heterocycles. The van der Waals surface area contributed by atoms with Gasteiger partial charge in [0.1, 0.15) is 0 Å². The van der Waals surface area contributed by atoms with Crippen LogP contribution in [0.5, 0.6) is 0 Å². The monoisotopic (exact) mass is 368 g/mol. The quantitative estimate of drug-likeness (QED) is 0.600. The van der Waals surface area contributed by atoms with E-state index in [0.717, 1.165) is 21.5 Å². The Kier molecular flexibility index (Phi) is 6.44. The molecule has 2 aromatic heterocycles. The van der Waals surface area contributed by atoms with Gasteiger partial charge in [-0.1, -0.05) is 35.6 Å². The summed E-state index contributed by atoms with van der Waals surface area (Å²) in [7, 11) is 0. The molecule has 0 unspecified atom stereocenters. The molecule has 124 valence electrons. The molecule has 0 radical (unpaired) electrons. The Morgan fingerprint density at radius 1 is 1.30 bits per heavy atom. The summed E-state index contributed by atoms with van der Waals surface area (Å²) in [6.07, 6.45) is 4.41. The van der Waals surface area contributed by atoms with Gasteiger partial charge in [0, 0.05) is 17.2 Å². The molecule has 1 aliphatic heterocycles. The van der Waals surface area contributed by atoms with Gasteiger partial charge >= 0.3 is 0 Å². The molecule has 2 aromatic rings. The number of amides is 1. The highest BCUT2D eigenvalue weighted by atomic mass is 32.2. The van der Waals surface area contributed by atoms with E-state index in [1.807, 2.05) is 17.5 Å². The van der Waals surface area contributed by atoms with E-state index in [2.05, 4.69) is 20.4 Å². The largest absolute Gasteiger partial charge is 0.303 e. The number of anilines is 1. The predicted molar refractivity (Wildman–Crippen MR) is 97.6 cm³/mol. The van der Waals surface area contributed by atoms with Crippen molar-refractivity contribution >= 4 is 45.5 Å². The molecule has 3 heterocycles. The van der Waals surface area contributed by atoms with Crippen LogP contribution < -0.4 is 5.32 Å². The number of piperidine rings is 1. The van der Waals surface area contributed by atoms with Crippen molar-refractivity contribution in [3.05, 3.63) is 22.4 Å². The van der Waals surface area contributed by atoms with Gasteiger partial charge in [0.05, 0.1) is 6.42 Å². The normalized spacial score (nSPS) is 15.7. The summed E-state index contributed by atoms with van der Waals surface area (Å²) in [4.78, 5) is 15.5. The molecule has 8 heteroatoms. The average molecular weight is 369 g/mol. The smallest absolute Gasteiger partial charge is 0.231 e. The second kappa shape index (κ2) is 8.77. The number of likely N-dealkylation sites (tertiary alicyclic amines) is 1. The first-order chi connectivity index (χ1) is 11.3. The van der Waals surface area contributed by atoms with Crippen LogP contribution in [0.1, 0.15) is 24.1 Å². The van der Waals surface area contributed by atoms with Gasteiger partial charge in [-0.25, -0.2) is 0 Å². The topological polar surface area (TPSA) is 58.1 Å². The van der Waals surface area contributed by atoms with Crippen molar-refractivity contribution in [2.24, 2.45) is 0 Å². The lowest BCUT2D eigenvalue weighted by Crippen LogP contribution is -2.31. The third-order valence-electron chi connectivity index (χ3n) is 3.65. The lowest BCUT2D eigenvalue weighted by molar-refractivity contribution is -0.115. The van der Waals surface area contributed by atoms with Crippen LogP contribution in [0.25, 0.3) is 0 Å². The highest BCUT2D eigenvalue weighted by molar-refractivity contribution is 8.01. The molecular formula is C15H20N4OS3. The summed E-state index contributed by atoms with van der Waals surface area (Å²) in [6.45, 7) is 3.55. The summed E-state index contributed by atoms with van der Waals surface area (Å²) >= 11 is 4.76. The number of hydrogen-bond acceptors (Lipinski definition) is 7. The Hall–Kier alpha value is -0.960.